The molecule has 2 amide bonds. The maximum Gasteiger partial charge on any atom is 0.272 e. The molecule has 0 fully saturated rings. The van der Waals surface area contributed by atoms with E-state index >= 15 is 0 Å². The highest BCUT2D eigenvalue weighted by molar-refractivity contribution is 6.07. The Hall–Kier alpha value is -3.08. The smallest absolute Gasteiger partial charge is 0.272 e. The van der Waals surface area contributed by atoms with E-state index in [9.17, 15) is 9.59 Å². The van der Waals surface area contributed by atoms with E-state index in [4.69, 9.17) is 0 Å². The van der Waals surface area contributed by atoms with Crippen LogP contribution in [0.5, 0.6) is 0 Å². The van der Waals surface area contributed by atoms with Gasteiger partial charge in [-0.3, -0.25) is 9.59 Å². The predicted molar refractivity (Wildman–Crippen MR) is 109 cm³/mol. The van der Waals surface area contributed by atoms with Crippen molar-refractivity contribution in [2.75, 3.05) is 18.4 Å². The van der Waals surface area contributed by atoms with Crippen LogP contribution in [0.15, 0.2) is 54.6 Å². The van der Waals surface area contributed by atoms with E-state index in [0.29, 0.717) is 36.6 Å². The molecular weight excluding hydrogens is 338 g/mol. The lowest BCUT2D eigenvalue weighted by atomic mass is 10.1. The molecule has 0 saturated carbocycles. The Morgan fingerprint density at radius 3 is 2.41 bits per heavy atom. The molecule has 1 heterocycles. The van der Waals surface area contributed by atoms with Crippen molar-refractivity contribution in [2.24, 2.45) is 0 Å². The number of hydrogen-bond donors (Lipinski definition) is 1. The second kappa shape index (κ2) is 8.08. The molecule has 0 aliphatic carbocycles. The standard InChI is InChI=1S/C22H25N3O2/c1-4-24(5-2)22(27)17-11-9-12-18(14-17)23-21(26)20-15-16-10-7-8-13-19(16)25(20)6-3/h7-15H,4-6H2,1-3H3,(H,23,26). The van der Waals surface area contributed by atoms with Crippen molar-refractivity contribution < 1.29 is 9.59 Å². The molecule has 140 valence electrons. The minimum absolute atomic E-state index is 0.0289. The molecule has 0 atom stereocenters. The molecule has 1 aromatic heterocycles. The van der Waals surface area contributed by atoms with Gasteiger partial charge in [0.05, 0.1) is 0 Å². The van der Waals surface area contributed by atoms with Crippen LogP contribution in [-0.2, 0) is 6.54 Å². The Morgan fingerprint density at radius 1 is 0.963 bits per heavy atom. The van der Waals surface area contributed by atoms with Gasteiger partial charge >= 0.3 is 0 Å². The first-order chi connectivity index (χ1) is 13.1. The van der Waals surface area contributed by atoms with Gasteiger partial charge < -0.3 is 14.8 Å². The van der Waals surface area contributed by atoms with Gasteiger partial charge in [-0.15, -0.1) is 0 Å². The summed E-state index contributed by atoms with van der Waals surface area (Å²) >= 11 is 0. The summed E-state index contributed by atoms with van der Waals surface area (Å²) in [5, 5.41) is 3.97. The summed E-state index contributed by atoms with van der Waals surface area (Å²) in [6.45, 7) is 7.95. The number of hydrogen-bond acceptors (Lipinski definition) is 2. The zero-order valence-corrected chi connectivity index (χ0v) is 16.0. The minimum atomic E-state index is -0.180. The van der Waals surface area contributed by atoms with Crippen molar-refractivity contribution >= 4 is 28.4 Å². The largest absolute Gasteiger partial charge is 0.339 e. The number of nitrogens with one attached hydrogen (secondary N) is 1. The SMILES string of the molecule is CCN(CC)C(=O)c1cccc(NC(=O)c2cc3ccccc3n2CC)c1. The van der Waals surface area contributed by atoms with Crippen molar-refractivity contribution in [3.63, 3.8) is 0 Å². The lowest BCUT2D eigenvalue weighted by molar-refractivity contribution is 0.0772. The molecule has 0 bridgehead atoms. The van der Waals surface area contributed by atoms with Gasteiger partial charge in [0.15, 0.2) is 0 Å². The van der Waals surface area contributed by atoms with Crippen molar-refractivity contribution in [1.82, 2.24) is 9.47 Å². The highest BCUT2D eigenvalue weighted by Crippen LogP contribution is 2.21. The zero-order chi connectivity index (χ0) is 19.4. The third kappa shape index (κ3) is 3.72. The Kier molecular flexibility index (Phi) is 5.60. The number of nitrogens with zero attached hydrogens (tertiary/aromatic N) is 2. The highest BCUT2D eigenvalue weighted by atomic mass is 16.2. The van der Waals surface area contributed by atoms with Gasteiger partial charge in [0.1, 0.15) is 5.69 Å². The van der Waals surface area contributed by atoms with Crippen molar-refractivity contribution in [2.45, 2.75) is 27.3 Å². The van der Waals surface area contributed by atoms with Crippen LogP contribution in [-0.4, -0.2) is 34.4 Å². The second-order valence-corrected chi connectivity index (χ2v) is 6.35. The summed E-state index contributed by atoms with van der Waals surface area (Å²) < 4.78 is 2.00. The van der Waals surface area contributed by atoms with Crippen LogP contribution in [0, 0.1) is 0 Å². The molecule has 0 saturated heterocycles. The number of amides is 2. The first-order valence-electron chi connectivity index (χ1n) is 9.38. The Labute approximate surface area is 159 Å². The highest BCUT2D eigenvalue weighted by Gasteiger charge is 2.16. The van der Waals surface area contributed by atoms with Gasteiger partial charge in [0, 0.05) is 41.8 Å². The molecule has 0 spiro atoms. The summed E-state index contributed by atoms with van der Waals surface area (Å²) in [5.41, 5.74) is 2.84. The maximum atomic E-state index is 12.9. The number of aromatic nitrogens is 1. The number of fused-ring (bicyclic) bond motifs is 1. The van der Waals surface area contributed by atoms with Crippen LogP contribution in [0.3, 0.4) is 0 Å². The fourth-order valence-corrected chi connectivity index (χ4v) is 3.36. The number of carbonyl (C=O) groups excluding carboxylic acids is 2. The van der Waals surface area contributed by atoms with Gasteiger partial charge in [-0.1, -0.05) is 24.3 Å². The number of benzene rings is 2. The average Bonchev–Trinajstić information content (AvgIpc) is 3.08. The first-order valence-corrected chi connectivity index (χ1v) is 9.38. The third-order valence-corrected chi connectivity index (χ3v) is 4.78. The number of aryl methyl sites for hydroxylation is 1. The fourth-order valence-electron chi connectivity index (χ4n) is 3.36. The number of carbonyl (C=O) groups is 2. The third-order valence-electron chi connectivity index (χ3n) is 4.78. The van der Waals surface area contributed by atoms with Crippen molar-refractivity contribution in [3.8, 4) is 0 Å². The predicted octanol–water partition coefficient (Wildman–Crippen LogP) is 4.40. The van der Waals surface area contributed by atoms with Gasteiger partial charge in [0.25, 0.3) is 11.8 Å². The minimum Gasteiger partial charge on any atom is -0.339 e. The molecule has 0 unspecified atom stereocenters. The first kappa shape index (κ1) is 18.7. The molecule has 0 aliphatic heterocycles. The molecule has 3 rings (SSSR count). The fraction of sp³-hybridized carbons (Fsp3) is 0.273. The molecule has 2 aromatic carbocycles. The lowest BCUT2D eigenvalue weighted by Gasteiger charge is -2.19. The van der Waals surface area contributed by atoms with Gasteiger partial charge in [0.2, 0.25) is 0 Å². The van der Waals surface area contributed by atoms with E-state index in [1.165, 1.54) is 0 Å². The van der Waals surface area contributed by atoms with Crippen LogP contribution in [0.2, 0.25) is 0 Å². The van der Waals surface area contributed by atoms with E-state index in [-0.39, 0.29) is 11.8 Å². The molecule has 3 aromatic rings. The molecule has 5 heteroatoms. The van der Waals surface area contributed by atoms with E-state index in [1.54, 1.807) is 29.2 Å². The van der Waals surface area contributed by atoms with Crippen LogP contribution < -0.4 is 5.32 Å². The Bertz CT molecular complexity index is 971. The zero-order valence-electron chi connectivity index (χ0n) is 16.0. The van der Waals surface area contributed by atoms with Crippen LogP contribution in [0.25, 0.3) is 10.9 Å². The molecule has 0 aliphatic rings. The normalized spacial score (nSPS) is 10.8. The maximum absolute atomic E-state index is 12.9. The Balaban J connectivity index is 1.87. The lowest BCUT2D eigenvalue weighted by Crippen LogP contribution is -2.30. The monoisotopic (exact) mass is 363 g/mol. The average molecular weight is 363 g/mol. The van der Waals surface area contributed by atoms with Crippen LogP contribution >= 0.6 is 0 Å². The molecular formula is C22H25N3O2. The summed E-state index contributed by atoms with van der Waals surface area (Å²) in [7, 11) is 0. The number of rotatable bonds is 6. The number of para-hydroxylation sites is 1. The molecule has 0 radical (unpaired) electrons. The molecule has 27 heavy (non-hydrogen) atoms. The van der Waals surface area contributed by atoms with E-state index < -0.39 is 0 Å². The topological polar surface area (TPSA) is 54.3 Å². The Morgan fingerprint density at radius 2 is 1.70 bits per heavy atom. The van der Waals surface area contributed by atoms with Gasteiger partial charge in [-0.2, -0.15) is 0 Å². The molecule has 5 nitrogen and oxygen atoms in total. The summed E-state index contributed by atoms with van der Waals surface area (Å²) in [6.07, 6.45) is 0. The van der Waals surface area contributed by atoms with Crippen molar-refractivity contribution in [3.05, 3.63) is 65.9 Å². The van der Waals surface area contributed by atoms with E-state index in [1.807, 2.05) is 55.7 Å². The molecule has 1 N–H and O–H groups in total. The quantitative estimate of drug-likeness (QED) is 0.706. The number of anilines is 1. The van der Waals surface area contributed by atoms with Crippen LogP contribution in [0.1, 0.15) is 41.6 Å². The van der Waals surface area contributed by atoms with Gasteiger partial charge in [-0.05, 0) is 51.1 Å². The van der Waals surface area contributed by atoms with Crippen molar-refractivity contribution in [1.29, 1.82) is 0 Å². The van der Waals surface area contributed by atoms with Gasteiger partial charge in [-0.25, -0.2) is 0 Å². The van der Waals surface area contributed by atoms with Crippen LogP contribution in [0.4, 0.5) is 5.69 Å². The van der Waals surface area contributed by atoms with E-state index in [0.717, 1.165) is 10.9 Å². The second-order valence-electron chi connectivity index (χ2n) is 6.35. The summed E-state index contributed by atoms with van der Waals surface area (Å²) in [6, 6.07) is 17.0. The summed E-state index contributed by atoms with van der Waals surface area (Å²) in [4.78, 5) is 27.2. The van der Waals surface area contributed by atoms with E-state index in [2.05, 4.69) is 5.32 Å². The summed E-state index contributed by atoms with van der Waals surface area (Å²) in [5.74, 6) is -0.209.